The van der Waals surface area contributed by atoms with Gasteiger partial charge in [0, 0.05) is 12.7 Å². The van der Waals surface area contributed by atoms with Crippen LogP contribution in [0.1, 0.15) is 18.9 Å². The van der Waals surface area contributed by atoms with Crippen LogP contribution in [0.5, 0.6) is 0 Å². The molecule has 8 heteroatoms. The first kappa shape index (κ1) is 19.8. The fourth-order valence-corrected chi connectivity index (χ4v) is 4.61. The van der Waals surface area contributed by atoms with Gasteiger partial charge in [0.2, 0.25) is 0 Å². The van der Waals surface area contributed by atoms with Crippen molar-refractivity contribution in [2.24, 2.45) is 0 Å². The highest BCUT2D eigenvalue weighted by molar-refractivity contribution is 8.27. The van der Waals surface area contributed by atoms with Crippen LogP contribution in [0, 0.1) is 0 Å². The molecule has 138 valence electrons. The zero-order valence-electron chi connectivity index (χ0n) is 14.4. The number of anilines is 3. The van der Waals surface area contributed by atoms with Gasteiger partial charge in [-0.15, -0.1) is 12.4 Å². The second kappa shape index (κ2) is 8.25. The Morgan fingerprint density at radius 1 is 1.12 bits per heavy atom. The van der Waals surface area contributed by atoms with Crippen LogP contribution in [-0.4, -0.2) is 34.2 Å². The van der Waals surface area contributed by atoms with Gasteiger partial charge < -0.3 is 5.32 Å². The van der Waals surface area contributed by atoms with Gasteiger partial charge in [-0.1, -0.05) is 25.1 Å². The van der Waals surface area contributed by atoms with Crippen LogP contribution in [0.3, 0.4) is 0 Å². The Morgan fingerprint density at radius 3 is 2.44 bits per heavy atom. The molecule has 1 aromatic heterocycles. The summed E-state index contributed by atoms with van der Waals surface area (Å²) in [5, 5.41) is 3.09. The molecule has 25 heavy (non-hydrogen) atoms. The lowest BCUT2D eigenvalue weighted by molar-refractivity contribution is 0.483. The summed E-state index contributed by atoms with van der Waals surface area (Å²) in [5.74, 6) is 0.552. The predicted octanol–water partition coefficient (Wildman–Crippen LogP) is 4.21. The van der Waals surface area contributed by atoms with E-state index in [0.717, 1.165) is 36.3 Å². The van der Waals surface area contributed by atoms with E-state index in [0.29, 0.717) is 12.4 Å². The molecule has 1 aliphatic heterocycles. The molecule has 0 amide bonds. The van der Waals surface area contributed by atoms with Crippen LogP contribution in [0.15, 0.2) is 42.6 Å². The van der Waals surface area contributed by atoms with Crippen molar-refractivity contribution in [2.45, 2.75) is 19.8 Å². The van der Waals surface area contributed by atoms with E-state index in [4.69, 9.17) is 0 Å². The molecule has 6 nitrogen and oxygen atoms in total. The smallest absolute Gasteiger partial charge is 0.153 e. The van der Waals surface area contributed by atoms with E-state index in [9.17, 15) is 9.11 Å². The molecule has 0 radical (unpaired) electrons. The van der Waals surface area contributed by atoms with Gasteiger partial charge in [-0.2, -0.15) is 0 Å². The fourth-order valence-electron chi connectivity index (χ4n) is 2.85. The largest absolute Gasteiger partial charge is 0.320 e. The molecule has 3 N–H and O–H groups in total. The summed E-state index contributed by atoms with van der Waals surface area (Å²) in [6.07, 6.45) is 3.50. The Morgan fingerprint density at radius 2 is 1.84 bits per heavy atom. The average molecular weight is 385 g/mol. The lowest BCUT2D eigenvalue weighted by Crippen LogP contribution is -2.33. The highest BCUT2D eigenvalue weighted by atomic mass is 35.5. The van der Waals surface area contributed by atoms with E-state index in [-0.39, 0.29) is 12.4 Å². The first-order valence-electron chi connectivity index (χ1n) is 8.14. The molecule has 0 unspecified atom stereocenters. The molecule has 0 fully saturated rings. The highest BCUT2D eigenvalue weighted by Gasteiger charge is 2.41. The van der Waals surface area contributed by atoms with Gasteiger partial charge >= 0.3 is 0 Å². The summed E-state index contributed by atoms with van der Waals surface area (Å²) in [5.41, 5.74) is 2.72. The van der Waals surface area contributed by atoms with Crippen molar-refractivity contribution < 1.29 is 9.11 Å². The number of aryl methyl sites for hydroxylation is 1. The molecule has 0 aliphatic carbocycles. The van der Waals surface area contributed by atoms with Crippen LogP contribution >= 0.6 is 23.4 Å². The second-order valence-electron chi connectivity index (χ2n) is 5.71. The van der Waals surface area contributed by atoms with Gasteiger partial charge in [0.1, 0.15) is 0 Å². The number of nitrogens with zero attached hydrogens (tertiary/aromatic N) is 3. The summed E-state index contributed by atoms with van der Waals surface area (Å²) in [6, 6.07) is 11.5. The summed E-state index contributed by atoms with van der Waals surface area (Å²) in [4.78, 5) is 4.44. The molecule has 0 bridgehead atoms. The Balaban J connectivity index is 0.00000225. The summed E-state index contributed by atoms with van der Waals surface area (Å²) < 4.78 is 25.1. The molecular formula is C17H25ClN4O2S. The fraction of sp³-hybridized carbons (Fsp3) is 0.353. The molecule has 0 spiro atoms. The topological polar surface area (TPSA) is 71.9 Å². The Bertz CT molecular complexity index is 699. The van der Waals surface area contributed by atoms with Crippen molar-refractivity contribution in [3.05, 3.63) is 48.2 Å². The minimum Gasteiger partial charge on any atom is -0.320 e. The third kappa shape index (κ3) is 3.70. The minimum atomic E-state index is -3.16. The van der Waals surface area contributed by atoms with Gasteiger partial charge in [-0.25, -0.2) is 9.29 Å². The lowest BCUT2D eigenvalue weighted by Gasteiger charge is -2.43. The standard InChI is InChI=1S/C17H24N4O2S.ClH/c1-3-14-9-10-17(19-13-14)21-16-8-5-4-7-15(16)20(24(21,22)23)12-6-11-18-2;/h4-5,7-10,13,18,22-23H,3,6,11-12H2,1-2H3;1H. The maximum atomic E-state index is 10.9. The van der Waals surface area contributed by atoms with E-state index < -0.39 is 11.0 Å². The predicted molar refractivity (Wildman–Crippen MR) is 108 cm³/mol. The van der Waals surface area contributed by atoms with Crippen LogP contribution in [0.2, 0.25) is 0 Å². The zero-order valence-corrected chi connectivity index (χ0v) is 16.1. The molecule has 0 saturated heterocycles. The summed E-state index contributed by atoms with van der Waals surface area (Å²) >= 11 is 0. The maximum Gasteiger partial charge on any atom is 0.153 e. The molecule has 0 saturated carbocycles. The van der Waals surface area contributed by atoms with Crippen LogP contribution in [0.25, 0.3) is 0 Å². The van der Waals surface area contributed by atoms with Gasteiger partial charge in [0.05, 0.1) is 11.4 Å². The van der Waals surface area contributed by atoms with E-state index in [1.807, 2.05) is 43.4 Å². The number of hydrogen-bond donors (Lipinski definition) is 3. The van der Waals surface area contributed by atoms with Gasteiger partial charge in [-0.3, -0.25) is 13.4 Å². The van der Waals surface area contributed by atoms with Crippen molar-refractivity contribution in [1.82, 2.24) is 10.3 Å². The molecule has 0 atom stereocenters. The second-order valence-corrected chi connectivity index (χ2v) is 7.50. The quantitative estimate of drug-likeness (QED) is 0.648. The number of pyridine rings is 1. The first-order valence-corrected chi connectivity index (χ1v) is 9.60. The van der Waals surface area contributed by atoms with Crippen molar-refractivity contribution in [3.63, 3.8) is 0 Å². The van der Waals surface area contributed by atoms with Crippen LogP contribution < -0.4 is 13.9 Å². The van der Waals surface area contributed by atoms with Crippen molar-refractivity contribution in [3.8, 4) is 0 Å². The van der Waals surface area contributed by atoms with Crippen molar-refractivity contribution in [1.29, 1.82) is 0 Å². The third-order valence-electron chi connectivity index (χ3n) is 4.12. The summed E-state index contributed by atoms with van der Waals surface area (Å²) in [7, 11) is -1.27. The number of benzene rings is 1. The molecule has 1 aromatic carbocycles. The van der Waals surface area contributed by atoms with E-state index in [2.05, 4.69) is 17.2 Å². The van der Waals surface area contributed by atoms with Gasteiger partial charge in [0.25, 0.3) is 0 Å². The number of nitrogens with one attached hydrogen (secondary N) is 1. The number of rotatable bonds is 6. The first-order chi connectivity index (χ1) is 11.6. The number of para-hydroxylation sites is 2. The molecule has 1 aliphatic rings. The number of aromatic nitrogens is 1. The Labute approximate surface area is 156 Å². The van der Waals surface area contributed by atoms with Crippen LogP contribution in [0.4, 0.5) is 17.2 Å². The normalized spacial score (nSPS) is 16.3. The van der Waals surface area contributed by atoms with Crippen molar-refractivity contribution in [2.75, 3.05) is 28.7 Å². The minimum absolute atomic E-state index is 0. The maximum absolute atomic E-state index is 10.9. The average Bonchev–Trinajstić information content (AvgIpc) is 2.82. The van der Waals surface area contributed by atoms with Gasteiger partial charge in [-0.05, 0) is 61.2 Å². The van der Waals surface area contributed by atoms with E-state index >= 15 is 0 Å². The summed E-state index contributed by atoms with van der Waals surface area (Å²) in [6.45, 7) is 3.44. The number of halogens is 1. The SMILES string of the molecule is CCc1ccc(N2c3ccccc3N(CCCNC)S2(O)O)nc1.Cl. The lowest BCUT2D eigenvalue weighted by atomic mass is 10.2. The molecule has 2 heterocycles. The molecular weight excluding hydrogens is 360 g/mol. The van der Waals surface area contributed by atoms with Crippen LogP contribution in [-0.2, 0) is 6.42 Å². The third-order valence-corrected chi connectivity index (χ3v) is 5.97. The van der Waals surface area contributed by atoms with Crippen molar-refractivity contribution >= 4 is 40.6 Å². The zero-order chi connectivity index (χ0) is 17.2. The number of hydrogen-bond acceptors (Lipinski definition) is 6. The van der Waals surface area contributed by atoms with E-state index in [1.54, 1.807) is 14.8 Å². The molecule has 3 rings (SSSR count). The molecule has 2 aromatic rings. The Hall–Kier alpha value is -1.51. The highest BCUT2D eigenvalue weighted by Crippen LogP contribution is 2.63. The number of fused-ring (bicyclic) bond motifs is 1. The monoisotopic (exact) mass is 384 g/mol. The van der Waals surface area contributed by atoms with E-state index in [1.165, 1.54) is 0 Å². The van der Waals surface area contributed by atoms with Gasteiger partial charge in [0.15, 0.2) is 5.82 Å². The Kier molecular flexibility index (Phi) is 6.53.